The van der Waals surface area contributed by atoms with Crippen LogP contribution in [0.3, 0.4) is 0 Å². The van der Waals surface area contributed by atoms with E-state index in [1.165, 1.54) is 0 Å². The fraction of sp³-hybridized carbons (Fsp3) is 0.556. The maximum absolute atomic E-state index is 12.3. The summed E-state index contributed by atoms with van der Waals surface area (Å²) in [6.45, 7) is 5.56. The van der Waals surface area contributed by atoms with Crippen LogP contribution in [0, 0.1) is 0 Å². The van der Waals surface area contributed by atoms with Crippen molar-refractivity contribution >= 4 is 17.1 Å². The summed E-state index contributed by atoms with van der Waals surface area (Å²) in [5, 5.41) is 2.94. The molecule has 1 aliphatic carbocycles. The molecule has 1 aromatic carbocycles. The molecule has 1 heterocycles. The molecule has 0 unspecified atom stereocenters. The van der Waals surface area contributed by atoms with Crippen LogP contribution < -0.4 is 11.0 Å². The predicted octanol–water partition coefficient (Wildman–Crippen LogP) is 3.34. The van der Waals surface area contributed by atoms with Crippen LogP contribution >= 0.6 is 0 Å². The van der Waals surface area contributed by atoms with Crippen molar-refractivity contribution in [3.8, 4) is 0 Å². The summed E-state index contributed by atoms with van der Waals surface area (Å²) in [4.78, 5) is 27.1. The number of carbonyl (C=O) groups is 1. The van der Waals surface area contributed by atoms with Crippen molar-refractivity contribution in [2.75, 3.05) is 0 Å². The highest BCUT2D eigenvalue weighted by atomic mass is 16.6. The number of imidazole rings is 1. The molecule has 0 bridgehead atoms. The zero-order chi connectivity index (χ0) is 17.3. The summed E-state index contributed by atoms with van der Waals surface area (Å²) in [6.07, 6.45) is 3.05. The third-order valence-electron chi connectivity index (χ3n) is 4.41. The molecule has 1 saturated carbocycles. The zero-order valence-corrected chi connectivity index (χ0v) is 14.5. The lowest BCUT2D eigenvalue weighted by Gasteiger charge is -2.30. The Balaban J connectivity index is 1.64. The predicted molar refractivity (Wildman–Crippen MR) is 93.2 cm³/mol. The van der Waals surface area contributed by atoms with Gasteiger partial charge in [-0.2, -0.15) is 0 Å². The van der Waals surface area contributed by atoms with Gasteiger partial charge in [0.05, 0.1) is 11.0 Å². The van der Waals surface area contributed by atoms with E-state index < -0.39 is 5.60 Å². The van der Waals surface area contributed by atoms with E-state index in [-0.39, 0.29) is 23.9 Å². The van der Waals surface area contributed by atoms with Crippen LogP contribution in [0.25, 0.3) is 11.0 Å². The fourth-order valence-electron chi connectivity index (χ4n) is 3.39. The number of hydrogen-bond donors (Lipinski definition) is 2. The molecule has 1 aliphatic rings. The maximum atomic E-state index is 12.3. The van der Waals surface area contributed by atoms with Crippen LogP contribution in [-0.4, -0.2) is 27.3 Å². The molecule has 0 atom stereocenters. The Bertz CT molecular complexity index is 777. The number of aromatic nitrogens is 2. The molecule has 0 spiro atoms. The van der Waals surface area contributed by atoms with Gasteiger partial charge in [-0.1, -0.05) is 12.1 Å². The largest absolute Gasteiger partial charge is 0.444 e. The Morgan fingerprint density at radius 2 is 1.88 bits per heavy atom. The number of amides is 1. The number of carbonyl (C=O) groups excluding carboxylic acids is 1. The van der Waals surface area contributed by atoms with Gasteiger partial charge in [-0.3, -0.25) is 4.57 Å². The lowest BCUT2D eigenvalue weighted by Crippen LogP contribution is -2.41. The van der Waals surface area contributed by atoms with Crippen molar-refractivity contribution in [2.24, 2.45) is 0 Å². The van der Waals surface area contributed by atoms with Crippen molar-refractivity contribution in [3.05, 3.63) is 34.7 Å². The number of ether oxygens (including phenoxy) is 1. The highest BCUT2D eigenvalue weighted by Gasteiger charge is 2.27. The molecule has 2 aromatic rings. The van der Waals surface area contributed by atoms with Gasteiger partial charge >= 0.3 is 11.8 Å². The number of benzene rings is 1. The highest BCUT2D eigenvalue weighted by Crippen LogP contribution is 2.29. The second-order valence-electron chi connectivity index (χ2n) is 7.47. The minimum Gasteiger partial charge on any atom is -0.444 e. The number of H-pyrrole nitrogens is 1. The van der Waals surface area contributed by atoms with Gasteiger partial charge in [-0.25, -0.2) is 9.59 Å². The van der Waals surface area contributed by atoms with E-state index in [4.69, 9.17) is 4.74 Å². The Morgan fingerprint density at radius 1 is 1.21 bits per heavy atom. The Kier molecular flexibility index (Phi) is 4.39. The van der Waals surface area contributed by atoms with Crippen LogP contribution in [0.4, 0.5) is 4.79 Å². The first-order valence-electron chi connectivity index (χ1n) is 8.52. The van der Waals surface area contributed by atoms with Crippen LogP contribution in [-0.2, 0) is 4.74 Å². The van der Waals surface area contributed by atoms with Crippen molar-refractivity contribution in [2.45, 2.75) is 64.1 Å². The van der Waals surface area contributed by atoms with Gasteiger partial charge < -0.3 is 15.0 Å². The first-order valence-corrected chi connectivity index (χ1v) is 8.52. The molecular weight excluding hydrogens is 306 g/mol. The van der Waals surface area contributed by atoms with Gasteiger partial charge in [0.1, 0.15) is 5.60 Å². The second kappa shape index (κ2) is 6.34. The first-order chi connectivity index (χ1) is 11.3. The minimum atomic E-state index is -0.487. The quantitative estimate of drug-likeness (QED) is 0.886. The number of nitrogens with zero attached hydrogens (tertiary/aromatic N) is 1. The van der Waals surface area contributed by atoms with E-state index in [0.717, 1.165) is 36.7 Å². The van der Waals surface area contributed by atoms with Crippen LogP contribution in [0.2, 0.25) is 0 Å². The lowest BCUT2D eigenvalue weighted by molar-refractivity contribution is 0.0488. The second-order valence-corrected chi connectivity index (χ2v) is 7.47. The molecule has 130 valence electrons. The van der Waals surface area contributed by atoms with Gasteiger partial charge in [0.15, 0.2) is 0 Å². The summed E-state index contributed by atoms with van der Waals surface area (Å²) in [6, 6.07) is 8.04. The van der Waals surface area contributed by atoms with Gasteiger partial charge in [-0.15, -0.1) is 0 Å². The Labute approximate surface area is 141 Å². The molecule has 6 heteroatoms. The number of para-hydroxylation sites is 2. The summed E-state index contributed by atoms with van der Waals surface area (Å²) >= 11 is 0. The first kappa shape index (κ1) is 16.6. The topological polar surface area (TPSA) is 76.1 Å². The smallest absolute Gasteiger partial charge is 0.407 e. The van der Waals surface area contributed by atoms with Gasteiger partial charge in [0.25, 0.3) is 0 Å². The lowest BCUT2D eigenvalue weighted by atomic mass is 9.91. The molecular formula is C18H25N3O3. The van der Waals surface area contributed by atoms with E-state index in [0.29, 0.717) is 0 Å². The summed E-state index contributed by atoms with van der Waals surface area (Å²) in [7, 11) is 0. The molecule has 6 nitrogen and oxygen atoms in total. The van der Waals surface area contributed by atoms with Crippen molar-refractivity contribution in [3.63, 3.8) is 0 Å². The number of nitrogens with one attached hydrogen (secondary N) is 2. The fourth-order valence-corrected chi connectivity index (χ4v) is 3.39. The van der Waals surface area contributed by atoms with Crippen molar-refractivity contribution < 1.29 is 9.53 Å². The minimum absolute atomic E-state index is 0.0558. The highest BCUT2D eigenvalue weighted by molar-refractivity contribution is 5.75. The molecule has 3 rings (SSSR count). The number of aromatic amines is 1. The van der Waals surface area contributed by atoms with Crippen molar-refractivity contribution in [1.82, 2.24) is 14.9 Å². The van der Waals surface area contributed by atoms with Gasteiger partial charge in [0.2, 0.25) is 0 Å². The van der Waals surface area contributed by atoms with Crippen molar-refractivity contribution in [1.29, 1.82) is 0 Å². The molecule has 0 radical (unpaired) electrons. The Hall–Kier alpha value is -2.24. The van der Waals surface area contributed by atoms with Gasteiger partial charge in [-0.05, 0) is 58.6 Å². The summed E-state index contributed by atoms with van der Waals surface area (Å²) in [5.74, 6) is 0. The van der Waals surface area contributed by atoms with Gasteiger partial charge in [0, 0.05) is 12.1 Å². The number of fused-ring (bicyclic) bond motifs is 1. The van der Waals surface area contributed by atoms with Crippen LogP contribution in [0.5, 0.6) is 0 Å². The number of rotatable bonds is 2. The third kappa shape index (κ3) is 3.63. The maximum Gasteiger partial charge on any atom is 0.407 e. The SMILES string of the molecule is CC(C)(C)OC(=O)N[C@H]1CC[C@@H](n2c(=O)[nH]c3ccccc32)CC1. The van der Waals surface area contributed by atoms with Crippen LogP contribution in [0.1, 0.15) is 52.5 Å². The molecule has 24 heavy (non-hydrogen) atoms. The monoisotopic (exact) mass is 331 g/mol. The molecule has 1 fully saturated rings. The molecule has 0 aliphatic heterocycles. The van der Waals surface area contributed by atoms with E-state index in [2.05, 4.69) is 10.3 Å². The number of hydrogen-bond acceptors (Lipinski definition) is 3. The van der Waals surface area contributed by atoms with E-state index in [1.54, 1.807) is 0 Å². The van der Waals surface area contributed by atoms with E-state index in [1.807, 2.05) is 49.6 Å². The normalized spacial score (nSPS) is 21.6. The summed E-state index contributed by atoms with van der Waals surface area (Å²) in [5.41, 5.74) is 1.28. The molecule has 1 amide bonds. The average Bonchev–Trinajstić information content (AvgIpc) is 2.82. The average molecular weight is 331 g/mol. The molecule has 1 aromatic heterocycles. The standard InChI is InChI=1S/C18H25N3O3/c1-18(2,3)24-17(23)19-12-8-10-13(11-9-12)21-15-7-5-4-6-14(15)20-16(21)22/h4-7,12-13H,8-11H2,1-3H3,(H,19,23)(H,20,22)/t12-,13+. The summed E-state index contributed by atoms with van der Waals surface area (Å²) < 4.78 is 7.17. The molecule has 2 N–H and O–H groups in total. The van der Waals surface area contributed by atoms with E-state index >= 15 is 0 Å². The van der Waals surface area contributed by atoms with Crippen LogP contribution in [0.15, 0.2) is 29.1 Å². The Morgan fingerprint density at radius 3 is 2.54 bits per heavy atom. The molecule has 0 saturated heterocycles. The number of alkyl carbamates (subject to hydrolysis) is 1. The zero-order valence-electron chi connectivity index (χ0n) is 14.5. The third-order valence-corrected chi connectivity index (χ3v) is 4.41. The van der Waals surface area contributed by atoms with E-state index in [9.17, 15) is 9.59 Å².